The molecule has 0 heterocycles. The zero-order valence-corrected chi connectivity index (χ0v) is 10.1. The molecule has 0 fully saturated rings. The van der Waals surface area contributed by atoms with E-state index >= 15 is 0 Å². The second-order valence-electron chi connectivity index (χ2n) is 1.33. The Kier molecular flexibility index (Phi) is 8.80. The topological polar surface area (TPSA) is 26.0 Å². The molecule has 1 aliphatic carbocycles. The molecular weight excluding hydrogens is 278 g/mol. The van der Waals surface area contributed by atoms with Gasteiger partial charge in [-0.05, 0) is 18.2 Å². The van der Waals surface area contributed by atoms with Crippen LogP contribution >= 0.6 is 0 Å². The summed E-state index contributed by atoms with van der Waals surface area (Å²) in [5.74, 6) is 0. The largest absolute Gasteiger partial charge is 1.00 e. The van der Waals surface area contributed by atoms with E-state index in [1.165, 1.54) is 0 Å². The zero-order chi connectivity index (χ0) is 5.11. The van der Waals surface area contributed by atoms with Gasteiger partial charge in [-0.1, -0.05) is 0 Å². The number of halogens is 1. The van der Waals surface area contributed by atoms with Crippen molar-refractivity contribution < 1.29 is 43.5 Å². The maximum absolute atomic E-state index is 5.34. The van der Waals surface area contributed by atoms with Gasteiger partial charge < -0.3 is 29.7 Å². The molecule has 0 spiro atoms. The van der Waals surface area contributed by atoms with Gasteiger partial charge in [0.2, 0.25) is 0 Å². The molecule has 0 unspecified atom stereocenters. The second-order valence-corrected chi connectivity index (χ2v) is 1.33. The van der Waals surface area contributed by atoms with Gasteiger partial charge in [0.1, 0.15) is 0 Å². The van der Waals surface area contributed by atoms with Gasteiger partial charge in [-0.2, -0.15) is 0 Å². The van der Waals surface area contributed by atoms with Crippen molar-refractivity contribution >= 4 is 0 Å². The predicted molar refractivity (Wildman–Crippen MR) is 29.2 cm³/mol. The second kappa shape index (κ2) is 6.53. The van der Waals surface area contributed by atoms with Gasteiger partial charge in [0.05, 0.1) is 0 Å². The predicted octanol–water partition coefficient (Wildman–Crippen LogP) is -2.24. The van der Waals surface area contributed by atoms with Crippen LogP contribution in [0.4, 0.5) is 0 Å². The van der Waals surface area contributed by atoms with Crippen molar-refractivity contribution in [1.29, 1.82) is 0 Å². The van der Waals surface area contributed by atoms with E-state index in [2.05, 4.69) is 5.73 Å². The van der Waals surface area contributed by atoms with Gasteiger partial charge in [-0.25, -0.2) is 0 Å². The Morgan fingerprint density at radius 3 is 2.22 bits per heavy atom. The minimum absolute atomic E-state index is 0. The summed E-state index contributed by atoms with van der Waals surface area (Å²) in [6.45, 7) is 0. The van der Waals surface area contributed by atoms with Gasteiger partial charge in [-0.3, -0.25) is 0 Å². The molecule has 0 saturated heterocycles. The van der Waals surface area contributed by atoms with Crippen molar-refractivity contribution in [2.24, 2.45) is 5.73 Å². The molecule has 45 valence electrons. The van der Waals surface area contributed by atoms with E-state index in [0.29, 0.717) is 0 Å². The quantitative estimate of drug-likeness (QED) is 0.304. The smallest absolute Gasteiger partial charge is 0.0363 e. The van der Waals surface area contributed by atoms with Crippen LogP contribution in [-0.4, -0.2) is 0 Å². The molecule has 0 atom stereocenters. The van der Waals surface area contributed by atoms with Crippen molar-refractivity contribution in [2.45, 2.75) is 0 Å². The van der Waals surface area contributed by atoms with E-state index < -0.39 is 0 Å². The first kappa shape index (κ1) is 12.1. The third kappa shape index (κ3) is 4.89. The standard InChI is InChI=1S/C6H6N.HI.Zn/c7-6-4-2-1-3-5-6;;/h2-5H,7H2;1H;/p-1. The Morgan fingerprint density at radius 2 is 2.00 bits per heavy atom. The number of rotatable bonds is 0. The molecule has 0 amide bonds. The summed E-state index contributed by atoms with van der Waals surface area (Å²) in [4.78, 5) is 0. The van der Waals surface area contributed by atoms with E-state index in [4.69, 9.17) is 5.73 Å². The molecule has 1 rings (SSSR count). The summed E-state index contributed by atoms with van der Waals surface area (Å²) in [6, 6.07) is 0. The van der Waals surface area contributed by atoms with Crippen molar-refractivity contribution in [2.75, 3.05) is 0 Å². The fourth-order valence-corrected chi connectivity index (χ4v) is 0.400. The number of allylic oxidation sites excluding steroid dienone is 2. The third-order valence-electron chi connectivity index (χ3n) is 0.744. The van der Waals surface area contributed by atoms with Crippen molar-refractivity contribution in [3.8, 4) is 0 Å². The Hall–Kier alpha value is 0.413. The van der Waals surface area contributed by atoms with Crippen molar-refractivity contribution in [3.05, 3.63) is 36.1 Å². The Balaban J connectivity index is 0. The van der Waals surface area contributed by atoms with Gasteiger partial charge in [0.15, 0.2) is 0 Å². The van der Waals surface area contributed by atoms with E-state index in [-0.39, 0.29) is 43.5 Å². The maximum Gasteiger partial charge on any atom is 0.0363 e. The van der Waals surface area contributed by atoms with Crippen LogP contribution in [0.25, 0.3) is 0 Å². The zero-order valence-electron chi connectivity index (χ0n) is 4.97. The van der Waals surface area contributed by atoms with Crippen LogP contribution < -0.4 is 29.7 Å². The summed E-state index contributed by atoms with van der Waals surface area (Å²) in [5, 5.41) is 0. The molecule has 0 aliphatic heterocycles. The molecule has 0 aromatic rings. The van der Waals surface area contributed by atoms with Crippen LogP contribution in [0.15, 0.2) is 29.7 Å². The van der Waals surface area contributed by atoms with Gasteiger partial charge >= 0.3 is 0 Å². The van der Waals surface area contributed by atoms with E-state index in [9.17, 15) is 0 Å². The number of nitrogens with two attached hydrogens (primary N) is 1. The Morgan fingerprint density at radius 1 is 1.33 bits per heavy atom. The van der Waals surface area contributed by atoms with Crippen LogP contribution in [0.3, 0.4) is 0 Å². The Labute approximate surface area is 84.9 Å². The first-order valence-electron chi connectivity index (χ1n) is 2.11. The molecule has 1 nitrogen and oxygen atoms in total. The molecule has 0 saturated carbocycles. The first-order valence-corrected chi connectivity index (χ1v) is 2.11. The van der Waals surface area contributed by atoms with Crippen LogP contribution in [0.2, 0.25) is 0 Å². The minimum Gasteiger partial charge on any atom is -1.00 e. The molecule has 0 aromatic carbocycles. The van der Waals surface area contributed by atoms with Gasteiger partial charge in [0.25, 0.3) is 0 Å². The van der Waals surface area contributed by atoms with Gasteiger partial charge in [0, 0.05) is 31.6 Å². The normalized spacial score (nSPS) is 13.1. The van der Waals surface area contributed by atoms with E-state index in [0.717, 1.165) is 5.70 Å². The summed E-state index contributed by atoms with van der Waals surface area (Å²) in [5.41, 5.74) is 8.98. The molecule has 3 heteroatoms. The molecule has 1 aliphatic rings. The fourth-order valence-electron chi connectivity index (χ4n) is 0.400. The van der Waals surface area contributed by atoms with E-state index in [1.807, 2.05) is 0 Å². The average molecular weight is 284 g/mol. The Bertz CT molecular complexity index is 156. The fraction of sp³-hybridized carbons (Fsp3) is 0. The first-order chi connectivity index (χ1) is 3.39. The van der Waals surface area contributed by atoms with Crippen molar-refractivity contribution in [3.63, 3.8) is 0 Å². The van der Waals surface area contributed by atoms with Gasteiger partial charge in [-0.15, -0.1) is 5.73 Å². The van der Waals surface area contributed by atoms with Crippen molar-refractivity contribution in [1.82, 2.24) is 0 Å². The van der Waals surface area contributed by atoms with E-state index in [1.54, 1.807) is 24.6 Å². The summed E-state index contributed by atoms with van der Waals surface area (Å²) in [7, 11) is 0. The average Bonchev–Trinajstić information content (AvgIpc) is 1.69. The third-order valence-corrected chi connectivity index (χ3v) is 0.744. The molecule has 2 N–H and O–H groups in total. The molecule has 0 bridgehead atoms. The molecule has 0 aromatic heterocycles. The molecular formula is C6H6INZn-. The van der Waals surface area contributed by atoms with Crippen LogP contribution in [-0.2, 0) is 19.5 Å². The molecule has 9 heavy (non-hydrogen) atoms. The summed E-state index contributed by atoms with van der Waals surface area (Å²) >= 11 is 0. The SMILES string of the molecule is NC1=CC=C=C[CH]1.[I-].[Zn]. The van der Waals surface area contributed by atoms with Crippen LogP contribution in [0.1, 0.15) is 0 Å². The monoisotopic (exact) mass is 283 g/mol. The number of hydrogen-bond acceptors (Lipinski definition) is 1. The van der Waals surface area contributed by atoms with Crippen LogP contribution in [0.5, 0.6) is 0 Å². The molecule has 1 radical (unpaired) electrons. The minimum atomic E-state index is 0. The number of hydrogen-bond donors (Lipinski definition) is 1. The summed E-state index contributed by atoms with van der Waals surface area (Å²) < 4.78 is 0. The van der Waals surface area contributed by atoms with Crippen LogP contribution in [0, 0.1) is 6.42 Å². The maximum atomic E-state index is 5.34. The summed E-state index contributed by atoms with van der Waals surface area (Å²) in [6.07, 6.45) is 7.19.